The number of amides is 6. The molecule has 1 aromatic carbocycles. The van der Waals surface area contributed by atoms with Crippen LogP contribution in [0.1, 0.15) is 56.2 Å². The van der Waals surface area contributed by atoms with Gasteiger partial charge in [0.25, 0.3) is 0 Å². The summed E-state index contributed by atoms with van der Waals surface area (Å²) >= 11 is 1.48. The average molecular weight is 814 g/mol. The van der Waals surface area contributed by atoms with Crippen LogP contribution in [0, 0.1) is 0 Å². The van der Waals surface area contributed by atoms with E-state index in [2.05, 4.69) is 31.2 Å². The van der Waals surface area contributed by atoms with Crippen molar-refractivity contribution in [1.82, 2.24) is 41.0 Å². The van der Waals surface area contributed by atoms with Gasteiger partial charge in [-0.2, -0.15) is 11.8 Å². The number of likely N-dealkylation sites (tertiary alicyclic amines) is 2. The number of nitrogens with one attached hydrogen (secondary N) is 5. The largest absolute Gasteiger partial charge is 0.481 e. The van der Waals surface area contributed by atoms with Crippen LogP contribution in [0.25, 0.3) is 0 Å². The van der Waals surface area contributed by atoms with Crippen LogP contribution in [0.4, 0.5) is 0 Å². The number of thioether (sulfide) groups is 1. The number of hydrogen-bond donors (Lipinski definition) is 8. The number of hydrogen-bond acceptors (Lipinski definition) is 11. The van der Waals surface area contributed by atoms with Gasteiger partial charge in [0, 0.05) is 44.2 Å². The van der Waals surface area contributed by atoms with Gasteiger partial charge in [0.05, 0.1) is 18.9 Å². The fraction of sp³-hybridized carbons (Fsp3) is 0.541. The number of aromatic amines is 1. The van der Waals surface area contributed by atoms with Crippen LogP contribution >= 0.6 is 11.8 Å². The first-order valence-electron chi connectivity index (χ1n) is 18.8. The minimum absolute atomic E-state index is 0.0101. The Morgan fingerprint density at radius 2 is 1.51 bits per heavy atom. The van der Waals surface area contributed by atoms with Gasteiger partial charge in [-0.1, -0.05) is 30.3 Å². The number of aromatic nitrogens is 2. The van der Waals surface area contributed by atoms with Gasteiger partial charge in [-0.05, 0) is 56.1 Å². The highest BCUT2D eigenvalue weighted by molar-refractivity contribution is 7.98. The molecule has 2 saturated heterocycles. The van der Waals surface area contributed by atoms with Crippen LogP contribution < -0.4 is 27.0 Å². The molecule has 0 aliphatic carbocycles. The summed E-state index contributed by atoms with van der Waals surface area (Å²) in [5, 5.41) is 29.3. The maximum absolute atomic E-state index is 14.3. The number of benzene rings is 1. The summed E-state index contributed by atoms with van der Waals surface area (Å²) in [6, 6.07) is 2.00. The summed E-state index contributed by atoms with van der Waals surface area (Å²) < 4.78 is 0. The summed E-state index contributed by atoms with van der Waals surface area (Å²) in [5.41, 5.74) is 7.13. The normalized spacial score (nSPS) is 18.5. The third-order valence-electron chi connectivity index (χ3n) is 9.87. The van der Waals surface area contributed by atoms with Gasteiger partial charge < -0.3 is 52.0 Å². The molecular formula is C37H51N9O10S. The number of carboxylic acids is 2. The SMILES string of the molecule is CSCC[C@H](N)C(=O)N[C@@H](CCC(=O)O)C(=O)N[C@H](Cc1cnc[nH]1)C(=O)N[C@@H](Cc1ccccc1)C(=O)N1CCC[C@H]1C(=O)NCC(=O)N1CCC[C@H]1C(=O)O. The molecule has 9 N–H and O–H groups in total. The summed E-state index contributed by atoms with van der Waals surface area (Å²) in [4.78, 5) is 114. The Kier molecular flexibility index (Phi) is 16.8. The number of imidazole rings is 1. The van der Waals surface area contributed by atoms with E-state index in [4.69, 9.17) is 5.73 Å². The minimum atomic E-state index is -1.36. The van der Waals surface area contributed by atoms with Gasteiger partial charge in [-0.15, -0.1) is 0 Å². The van der Waals surface area contributed by atoms with Crippen LogP contribution in [0.15, 0.2) is 42.9 Å². The molecule has 0 saturated carbocycles. The molecule has 2 aliphatic heterocycles. The number of carboxylic acid groups (broad SMARTS) is 2. The van der Waals surface area contributed by atoms with E-state index in [0.29, 0.717) is 42.7 Å². The van der Waals surface area contributed by atoms with Crippen LogP contribution in [0.2, 0.25) is 0 Å². The van der Waals surface area contributed by atoms with Crippen molar-refractivity contribution in [2.45, 2.75) is 94.0 Å². The number of H-pyrrole nitrogens is 1. The Balaban J connectivity index is 1.53. The molecule has 0 radical (unpaired) electrons. The monoisotopic (exact) mass is 813 g/mol. The van der Waals surface area contributed by atoms with Crippen molar-refractivity contribution < 1.29 is 48.6 Å². The molecule has 0 unspecified atom stereocenters. The summed E-state index contributed by atoms with van der Waals surface area (Å²) in [6.07, 6.45) is 5.67. The zero-order valence-electron chi connectivity index (χ0n) is 31.7. The lowest BCUT2D eigenvalue weighted by Crippen LogP contribution is -2.59. The Hall–Kier alpha value is -5.50. The molecule has 0 bridgehead atoms. The summed E-state index contributed by atoms with van der Waals surface area (Å²) in [5.74, 6) is -5.77. The van der Waals surface area contributed by atoms with Crippen LogP contribution in [0.5, 0.6) is 0 Å². The van der Waals surface area contributed by atoms with Crippen molar-refractivity contribution in [1.29, 1.82) is 0 Å². The summed E-state index contributed by atoms with van der Waals surface area (Å²) in [7, 11) is 0. The molecule has 6 atom stereocenters. The van der Waals surface area contributed by atoms with Crippen molar-refractivity contribution in [2.75, 3.05) is 31.6 Å². The highest BCUT2D eigenvalue weighted by Crippen LogP contribution is 2.21. The number of nitrogens with two attached hydrogens (primary N) is 1. The molecular weight excluding hydrogens is 763 g/mol. The molecule has 19 nitrogen and oxygen atoms in total. The maximum atomic E-state index is 14.3. The van der Waals surface area contributed by atoms with Crippen LogP contribution in [0.3, 0.4) is 0 Å². The molecule has 310 valence electrons. The van der Waals surface area contributed by atoms with E-state index in [-0.39, 0.29) is 38.8 Å². The Morgan fingerprint density at radius 3 is 2.16 bits per heavy atom. The molecule has 1 aromatic heterocycles. The molecule has 6 amide bonds. The number of nitrogens with zero attached hydrogens (tertiary/aromatic N) is 3. The Labute approximate surface area is 333 Å². The van der Waals surface area contributed by atoms with Crippen molar-refractivity contribution in [3.05, 3.63) is 54.1 Å². The molecule has 57 heavy (non-hydrogen) atoms. The predicted octanol–water partition coefficient (Wildman–Crippen LogP) is -1.22. The van der Waals surface area contributed by atoms with Crippen molar-refractivity contribution in [3.8, 4) is 0 Å². The molecule has 4 rings (SSSR count). The molecule has 2 aliphatic rings. The lowest BCUT2D eigenvalue weighted by Gasteiger charge is -2.30. The second-order valence-electron chi connectivity index (χ2n) is 14.0. The fourth-order valence-corrected chi connectivity index (χ4v) is 7.31. The molecule has 2 fully saturated rings. The third-order valence-corrected chi connectivity index (χ3v) is 10.5. The Morgan fingerprint density at radius 1 is 0.860 bits per heavy atom. The van der Waals surface area contributed by atoms with Gasteiger partial charge in [0.2, 0.25) is 35.4 Å². The van der Waals surface area contributed by atoms with Crippen molar-refractivity contribution in [2.24, 2.45) is 5.73 Å². The fourth-order valence-electron chi connectivity index (χ4n) is 6.82. The molecule has 3 heterocycles. The zero-order chi connectivity index (χ0) is 41.5. The molecule has 20 heteroatoms. The number of carbonyl (C=O) groups is 8. The zero-order valence-corrected chi connectivity index (χ0v) is 32.5. The highest BCUT2D eigenvalue weighted by Gasteiger charge is 2.40. The number of aliphatic carboxylic acids is 2. The quantitative estimate of drug-likeness (QED) is 0.0735. The van der Waals surface area contributed by atoms with Crippen LogP contribution in [-0.4, -0.2) is 145 Å². The van der Waals surface area contributed by atoms with Gasteiger partial charge in [0.15, 0.2) is 0 Å². The predicted molar refractivity (Wildman–Crippen MR) is 206 cm³/mol. The topological polar surface area (TPSA) is 286 Å². The standard InChI is InChI=1S/C37H51N9O10S/c1-57-16-13-24(38)32(50)42-25(11-12-31(48)49)33(51)43-26(18-23-19-39-21-41-23)34(52)44-27(17-22-7-3-2-4-8-22)36(54)46-15-5-9-28(46)35(53)40-20-30(47)45-14-6-10-29(45)37(55)56/h2-4,7-8,19,21,24-29H,5-6,9-18,20,38H2,1H3,(H,39,41)(H,40,53)(H,42,50)(H,43,51)(H,44,52)(H,48,49)(H,55,56)/t24-,25-,26+,27-,28-,29-/m0/s1. The van der Waals surface area contributed by atoms with Gasteiger partial charge >= 0.3 is 11.9 Å². The minimum Gasteiger partial charge on any atom is -0.481 e. The van der Waals surface area contributed by atoms with E-state index in [1.807, 2.05) is 6.26 Å². The van der Waals surface area contributed by atoms with Crippen LogP contribution in [-0.2, 0) is 51.2 Å². The Bertz CT molecular complexity index is 1730. The lowest BCUT2D eigenvalue weighted by atomic mass is 10.0. The number of carbonyl (C=O) groups excluding carboxylic acids is 6. The molecule has 0 spiro atoms. The second kappa shape index (κ2) is 21.7. The van der Waals surface area contributed by atoms with E-state index < -0.39 is 96.6 Å². The van der Waals surface area contributed by atoms with E-state index in [0.717, 1.165) is 0 Å². The second-order valence-corrected chi connectivity index (χ2v) is 15.0. The first-order valence-corrected chi connectivity index (χ1v) is 20.2. The first-order chi connectivity index (χ1) is 27.3. The first kappa shape index (κ1) is 44.2. The van der Waals surface area contributed by atoms with E-state index in [1.54, 1.807) is 30.3 Å². The van der Waals surface area contributed by atoms with Gasteiger partial charge in [-0.3, -0.25) is 33.6 Å². The molecule has 2 aromatic rings. The van der Waals surface area contributed by atoms with Gasteiger partial charge in [0.1, 0.15) is 30.2 Å². The lowest BCUT2D eigenvalue weighted by molar-refractivity contribution is -0.148. The maximum Gasteiger partial charge on any atom is 0.326 e. The highest BCUT2D eigenvalue weighted by atomic mass is 32.2. The van der Waals surface area contributed by atoms with E-state index >= 15 is 0 Å². The summed E-state index contributed by atoms with van der Waals surface area (Å²) in [6.45, 7) is -0.0118. The van der Waals surface area contributed by atoms with E-state index in [9.17, 15) is 48.6 Å². The number of rotatable bonds is 21. The third kappa shape index (κ3) is 13.0. The van der Waals surface area contributed by atoms with E-state index in [1.165, 1.54) is 34.1 Å². The smallest absolute Gasteiger partial charge is 0.326 e. The van der Waals surface area contributed by atoms with Crippen molar-refractivity contribution in [3.63, 3.8) is 0 Å². The van der Waals surface area contributed by atoms with Crippen molar-refractivity contribution >= 4 is 59.1 Å². The van der Waals surface area contributed by atoms with Gasteiger partial charge in [-0.25, -0.2) is 9.78 Å². The average Bonchev–Trinajstić information content (AvgIpc) is 4.00.